The molecule has 1 aromatic carbocycles. The van der Waals surface area contributed by atoms with Gasteiger partial charge < -0.3 is 14.4 Å². The smallest absolute Gasteiger partial charge is 0.250 e. The van der Waals surface area contributed by atoms with Crippen molar-refractivity contribution in [2.24, 2.45) is 0 Å². The lowest BCUT2D eigenvalue weighted by molar-refractivity contribution is -0.127. The van der Waals surface area contributed by atoms with Crippen LogP contribution in [0.25, 0.3) is 0 Å². The molecule has 2 heterocycles. The maximum atomic E-state index is 11.5. The second kappa shape index (κ2) is 5.71. The molecule has 0 N–H and O–H groups in total. The summed E-state index contributed by atoms with van der Waals surface area (Å²) in [5, 5.41) is 0. The van der Waals surface area contributed by atoms with E-state index in [0.29, 0.717) is 19.2 Å². The summed E-state index contributed by atoms with van der Waals surface area (Å²) < 4.78 is 10.7. The first-order chi connectivity index (χ1) is 9.81. The summed E-state index contributed by atoms with van der Waals surface area (Å²) in [4.78, 5) is 17.2. The molecule has 1 amide bonds. The summed E-state index contributed by atoms with van der Waals surface area (Å²) in [6, 6.07) is 13.1. The molecule has 0 radical (unpaired) electrons. The number of hydrogen-bond donors (Lipinski definition) is 0. The predicted octanol–water partition coefficient (Wildman–Crippen LogP) is 2.19. The average Bonchev–Trinajstić information content (AvgIpc) is 2.88. The summed E-state index contributed by atoms with van der Waals surface area (Å²) in [6.07, 6.45) is 1.68. The van der Waals surface area contributed by atoms with Gasteiger partial charge in [0.05, 0.1) is 0 Å². The lowest BCUT2D eigenvalue weighted by Gasteiger charge is -2.13. The average molecular weight is 270 g/mol. The summed E-state index contributed by atoms with van der Waals surface area (Å²) in [5.74, 6) is 1.30. The van der Waals surface area contributed by atoms with E-state index >= 15 is 0 Å². The van der Waals surface area contributed by atoms with Gasteiger partial charge in [-0.3, -0.25) is 4.79 Å². The summed E-state index contributed by atoms with van der Waals surface area (Å²) in [6.45, 7) is 1.11. The van der Waals surface area contributed by atoms with Crippen molar-refractivity contribution in [2.75, 3.05) is 13.3 Å². The van der Waals surface area contributed by atoms with Crippen LogP contribution in [0.4, 0.5) is 0 Å². The van der Waals surface area contributed by atoms with Gasteiger partial charge in [-0.05, 0) is 23.8 Å². The number of benzene rings is 1. The van der Waals surface area contributed by atoms with E-state index in [9.17, 15) is 4.79 Å². The van der Waals surface area contributed by atoms with Crippen LogP contribution < -0.4 is 4.74 Å². The SMILES string of the molecule is O=C1COCN1Cc1ccc(Oc2ccccn2)cc1. The second-order valence-corrected chi connectivity index (χ2v) is 4.48. The number of aromatic nitrogens is 1. The van der Waals surface area contributed by atoms with Gasteiger partial charge in [-0.15, -0.1) is 0 Å². The quantitative estimate of drug-likeness (QED) is 0.854. The van der Waals surface area contributed by atoms with Gasteiger partial charge in [0, 0.05) is 18.8 Å². The van der Waals surface area contributed by atoms with Crippen LogP contribution in [0.1, 0.15) is 5.56 Å². The molecule has 0 spiro atoms. The van der Waals surface area contributed by atoms with E-state index in [0.717, 1.165) is 11.3 Å². The van der Waals surface area contributed by atoms with Crippen LogP contribution in [0.3, 0.4) is 0 Å². The topological polar surface area (TPSA) is 51.7 Å². The maximum absolute atomic E-state index is 11.5. The molecular formula is C15H14N2O3. The normalized spacial score (nSPS) is 14.6. The molecule has 1 aliphatic heterocycles. The van der Waals surface area contributed by atoms with Crippen molar-refractivity contribution in [3.63, 3.8) is 0 Å². The Hall–Kier alpha value is -2.40. The molecule has 1 fully saturated rings. The third-order valence-corrected chi connectivity index (χ3v) is 2.98. The Kier molecular flexibility index (Phi) is 3.60. The van der Waals surface area contributed by atoms with Crippen LogP contribution in [0.5, 0.6) is 11.6 Å². The van der Waals surface area contributed by atoms with Gasteiger partial charge in [0.2, 0.25) is 5.88 Å². The molecule has 3 rings (SSSR count). The van der Waals surface area contributed by atoms with Crippen molar-refractivity contribution in [1.82, 2.24) is 9.88 Å². The Balaban J connectivity index is 1.64. The van der Waals surface area contributed by atoms with E-state index in [1.807, 2.05) is 36.4 Å². The highest BCUT2D eigenvalue weighted by molar-refractivity contribution is 5.78. The van der Waals surface area contributed by atoms with Crippen LogP contribution in [-0.4, -0.2) is 29.1 Å². The standard InChI is InChI=1S/C15H14N2O3/c18-15-10-19-11-17(15)9-12-4-6-13(7-5-12)20-14-3-1-2-8-16-14/h1-8H,9-11H2. The minimum absolute atomic E-state index is 0.0267. The fraction of sp³-hybridized carbons (Fsp3) is 0.200. The van der Waals surface area contributed by atoms with Crippen LogP contribution >= 0.6 is 0 Å². The molecule has 1 aromatic heterocycles. The maximum Gasteiger partial charge on any atom is 0.250 e. The van der Waals surface area contributed by atoms with Crippen molar-refractivity contribution < 1.29 is 14.3 Å². The molecular weight excluding hydrogens is 256 g/mol. The molecule has 0 aliphatic carbocycles. The zero-order chi connectivity index (χ0) is 13.8. The highest BCUT2D eigenvalue weighted by Crippen LogP contribution is 2.20. The van der Waals surface area contributed by atoms with Crippen molar-refractivity contribution in [2.45, 2.75) is 6.54 Å². The van der Waals surface area contributed by atoms with Gasteiger partial charge in [0.15, 0.2) is 0 Å². The Morgan fingerprint density at radius 3 is 2.70 bits per heavy atom. The summed E-state index contributed by atoms with van der Waals surface area (Å²) in [7, 11) is 0. The Labute approximate surface area is 116 Å². The first-order valence-electron chi connectivity index (χ1n) is 6.34. The molecule has 1 saturated heterocycles. The first-order valence-corrected chi connectivity index (χ1v) is 6.34. The number of carbonyl (C=O) groups is 1. The molecule has 0 atom stereocenters. The molecule has 20 heavy (non-hydrogen) atoms. The Bertz CT molecular complexity index is 584. The van der Waals surface area contributed by atoms with Crippen LogP contribution in [0, 0.1) is 0 Å². The molecule has 5 heteroatoms. The van der Waals surface area contributed by atoms with E-state index in [1.54, 1.807) is 17.2 Å². The van der Waals surface area contributed by atoms with Crippen molar-refractivity contribution in [1.29, 1.82) is 0 Å². The van der Waals surface area contributed by atoms with E-state index in [4.69, 9.17) is 9.47 Å². The highest BCUT2D eigenvalue weighted by atomic mass is 16.5. The molecule has 5 nitrogen and oxygen atoms in total. The first kappa shape index (κ1) is 12.6. The molecule has 102 valence electrons. The van der Waals surface area contributed by atoms with Crippen LogP contribution in [0.2, 0.25) is 0 Å². The molecule has 0 bridgehead atoms. The monoisotopic (exact) mass is 270 g/mol. The van der Waals surface area contributed by atoms with E-state index in [-0.39, 0.29) is 12.5 Å². The predicted molar refractivity (Wildman–Crippen MR) is 72.1 cm³/mol. The fourth-order valence-corrected chi connectivity index (χ4v) is 1.95. The minimum atomic E-state index is 0.0267. The number of pyridine rings is 1. The zero-order valence-corrected chi connectivity index (χ0v) is 10.9. The van der Waals surface area contributed by atoms with Gasteiger partial charge in [0.1, 0.15) is 19.1 Å². The van der Waals surface area contributed by atoms with Gasteiger partial charge in [-0.1, -0.05) is 18.2 Å². The minimum Gasteiger partial charge on any atom is -0.439 e. The Morgan fingerprint density at radius 2 is 2.05 bits per heavy atom. The van der Waals surface area contributed by atoms with Gasteiger partial charge in [0.25, 0.3) is 5.91 Å². The van der Waals surface area contributed by atoms with Gasteiger partial charge in [-0.25, -0.2) is 4.98 Å². The molecule has 1 aliphatic rings. The number of nitrogens with zero attached hydrogens (tertiary/aromatic N) is 2. The van der Waals surface area contributed by atoms with Crippen molar-refractivity contribution in [3.05, 3.63) is 54.2 Å². The number of carbonyl (C=O) groups excluding carboxylic acids is 1. The number of ether oxygens (including phenoxy) is 2. The molecule has 0 saturated carbocycles. The third kappa shape index (κ3) is 2.95. The van der Waals surface area contributed by atoms with Crippen LogP contribution in [-0.2, 0) is 16.1 Å². The zero-order valence-electron chi connectivity index (χ0n) is 10.9. The number of hydrogen-bond acceptors (Lipinski definition) is 4. The van der Waals surface area contributed by atoms with E-state index in [1.165, 1.54) is 0 Å². The van der Waals surface area contributed by atoms with Gasteiger partial charge >= 0.3 is 0 Å². The number of rotatable bonds is 4. The number of amides is 1. The molecule has 0 unspecified atom stereocenters. The summed E-state index contributed by atoms with van der Waals surface area (Å²) in [5.41, 5.74) is 1.04. The second-order valence-electron chi connectivity index (χ2n) is 4.48. The van der Waals surface area contributed by atoms with E-state index in [2.05, 4.69) is 4.98 Å². The van der Waals surface area contributed by atoms with Gasteiger partial charge in [-0.2, -0.15) is 0 Å². The largest absolute Gasteiger partial charge is 0.439 e. The molecule has 2 aromatic rings. The Morgan fingerprint density at radius 1 is 1.20 bits per heavy atom. The fourth-order valence-electron chi connectivity index (χ4n) is 1.95. The van der Waals surface area contributed by atoms with Crippen molar-refractivity contribution >= 4 is 5.91 Å². The van der Waals surface area contributed by atoms with Crippen LogP contribution in [0.15, 0.2) is 48.7 Å². The lowest BCUT2D eigenvalue weighted by Crippen LogP contribution is -2.24. The van der Waals surface area contributed by atoms with Crippen molar-refractivity contribution in [3.8, 4) is 11.6 Å². The van der Waals surface area contributed by atoms with E-state index < -0.39 is 0 Å². The summed E-state index contributed by atoms with van der Waals surface area (Å²) >= 11 is 0. The third-order valence-electron chi connectivity index (χ3n) is 2.98. The highest BCUT2D eigenvalue weighted by Gasteiger charge is 2.20. The lowest BCUT2D eigenvalue weighted by atomic mass is 10.2.